The molecule has 2 rings (SSSR count). The SMILES string of the molecule is CC(=O)Oc1cn2cccc2cn1.Cl.Cl. The molecule has 0 radical (unpaired) electrons. The van der Waals surface area contributed by atoms with E-state index in [1.165, 1.54) is 6.92 Å². The number of nitrogens with zero attached hydrogens (tertiary/aromatic N) is 2. The highest BCUT2D eigenvalue weighted by Gasteiger charge is 2.00. The van der Waals surface area contributed by atoms with Crippen LogP contribution in [0.5, 0.6) is 5.88 Å². The predicted octanol–water partition coefficient (Wildman–Crippen LogP) is 2.10. The summed E-state index contributed by atoms with van der Waals surface area (Å²) in [4.78, 5) is 14.6. The van der Waals surface area contributed by atoms with E-state index in [0.717, 1.165) is 5.52 Å². The van der Waals surface area contributed by atoms with Crippen molar-refractivity contribution in [1.82, 2.24) is 9.38 Å². The molecule has 0 bridgehead atoms. The molecule has 4 nitrogen and oxygen atoms in total. The van der Waals surface area contributed by atoms with Gasteiger partial charge in [0.15, 0.2) is 0 Å². The smallest absolute Gasteiger partial charge is 0.309 e. The Bertz CT molecular complexity index is 456. The molecule has 0 spiro atoms. The molecule has 2 aromatic rings. The molecule has 15 heavy (non-hydrogen) atoms. The number of carbonyl (C=O) groups excluding carboxylic acids is 1. The first-order valence-electron chi connectivity index (χ1n) is 3.87. The van der Waals surface area contributed by atoms with E-state index in [1.807, 2.05) is 22.7 Å². The second-order valence-corrected chi connectivity index (χ2v) is 2.66. The minimum atomic E-state index is -0.362. The zero-order valence-corrected chi connectivity index (χ0v) is 9.55. The third kappa shape index (κ3) is 3.11. The Labute approximate surface area is 99.1 Å². The fourth-order valence-electron chi connectivity index (χ4n) is 1.12. The van der Waals surface area contributed by atoms with Gasteiger partial charge in [0.2, 0.25) is 5.88 Å². The first-order chi connectivity index (χ1) is 6.25. The zero-order chi connectivity index (χ0) is 9.26. The van der Waals surface area contributed by atoms with Crippen LogP contribution in [0.2, 0.25) is 0 Å². The quantitative estimate of drug-likeness (QED) is 0.727. The van der Waals surface area contributed by atoms with Crippen molar-refractivity contribution in [3.05, 3.63) is 30.7 Å². The van der Waals surface area contributed by atoms with Crippen LogP contribution in [0.1, 0.15) is 6.92 Å². The number of ether oxygens (including phenoxy) is 1. The van der Waals surface area contributed by atoms with E-state index in [2.05, 4.69) is 4.98 Å². The average molecular weight is 249 g/mol. The van der Waals surface area contributed by atoms with Gasteiger partial charge < -0.3 is 9.14 Å². The van der Waals surface area contributed by atoms with Gasteiger partial charge in [0.05, 0.1) is 17.9 Å². The molecule has 0 atom stereocenters. The van der Waals surface area contributed by atoms with Gasteiger partial charge in [0, 0.05) is 13.1 Å². The fraction of sp³-hybridized carbons (Fsp3) is 0.111. The van der Waals surface area contributed by atoms with E-state index in [4.69, 9.17) is 4.74 Å². The lowest BCUT2D eigenvalue weighted by Gasteiger charge is -2.00. The number of rotatable bonds is 1. The van der Waals surface area contributed by atoms with Crippen LogP contribution in [0, 0.1) is 0 Å². The second kappa shape index (κ2) is 5.58. The summed E-state index contributed by atoms with van der Waals surface area (Å²) >= 11 is 0. The van der Waals surface area contributed by atoms with E-state index < -0.39 is 0 Å². The maximum atomic E-state index is 10.6. The van der Waals surface area contributed by atoms with E-state index in [0.29, 0.717) is 5.88 Å². The topological polar surface area (TPSA) is 43.6 Å². The van der Waals surface area contributed by atoms with Crippen molar-refractivity contribution >= 4 is 36.3 Å². The van der Waals surface area contributed by atoms with Crippen LogP contribution >= 0.6 is 24.8 Å². The largest absolute Gasteiger partial charge is 0.406 e. The molecular weight excluding hydrogens is 239 g/mol. The number of halogens is 2. The van der Waals surface area contributed by atoms with E-state index >= 15 is 0 Å². The fourth-order valence-corrected chi connectivity index (χ4v) is 1.12. The van der Waals surface area contributed by atoms with Gasteiger partial charge in [-0.05, 0) is 12.1 Å². The Balaban J connectivity index is 0.000000980. The molecule has 0 aliphatic carbocycles. The lowest BCUT2D eigenvalue weighted by molar-refractivity contribution is -0.132. The summed E-state index contributed by atoms with van der Waals surface area (Å²) in [6.07, 6.45) is 5.18. The summed E-state index contributed by atoms with van der Waals surface area (Å²) in [5.41, 5.74) is 0.968. The molecule has 0 aliphatic rings. The van der Waals surface area contributed by atoms with Gasteiger partial charge in [-0.3, -0.25) is 4.79 Å². The van der Waals surface area contributed by atoms with Crippen LogP contribution in [-0.4, -0.2) is 15.4 Å². The van der Waals surface area contributed by atoms with Gasteiger partial charge in [-0.15, -0.1) is 24.8 Å². The standard InChI is InChI=1S/C9H8N2O2.2ClH/c1-7(12)13-9-6-11-4-2-3-8(11)5-10-9;;/h2-6H,1H3;2*1H. The highest BCUT2D eigenvalue weighted by molar-refractivity contribution is 5.85. The second-order valence-electron chi connectivity index (χ2n) is 2.66. The van der Waals surface area contributed by atoms with Crippen molar-refractivity contribution in [2.45, 2.75) is 6.92 Å². The highest BCUT2D eigenvalue weighted by Crippen LogP contribution is 2.09. The van der Waals surface area contributed by atoms with Gasteiger partial charge >= 0.3 is 5.97 Å². The lowest BCUT2D eigenvalue weighted by Crippen LogP contribution is -2.03. The van der Waals surface area contributed by atoms with E-state index in [9.17, 15) is 4.79 Å². The number of hydrogen-bond donors (Lipinski definition) is 0. The molecule has 82 valence electrons. The van der Waals surface area contributed by atoms with Gasteiger partial charge in [-0.25, -0.2) is 4.98 Å². The third-order valence-corrected chi connectivity index (χ3v) is 1.63. The summed E-state index contributed by atoms with van der Waals surface area (Å²) in [6.45, 7) is 1.35. The molecule has 0 saturated carbocycles. The summed E-state index contributed by atoms with van der Waals surface area (Å²) in [7, 11) is 0. The Morgan fingerprint density at radius 2 is 2.20 bits per heavy atom. The van der Waals surface area contributed by atoms with Crippen LogP contribution in [-0.2, 0) is 4.79 Å². The normalized spacial score (nSPS) is 8.87. The minimum Gasteiger partial charge on any atom is -0.406 e. The number of carbonyl (C=O) groups is 1. The molecule has 0 saturated heterocycles. The molecular formula is C9H10Cl2N2O2. The number of esters is 1. The average Bonchev–Trinajstić information content (AvgIpc) is 2.49. The van der Waals surface area contributed by atoms with Crippen LogP contribution in [0.25, 0.3) is 5.52 Å². The molecule has 0 N–H and O–H groups in total. The number of aromatic nitrogens is 2. The molecule has 6 heteroatoms. The Hall–Kier alpha value is -1.26. The van der Waals surface area contributed by atoms with Crippen molar-refractivity contribution < 1.29 is 9.53 Å². The van der Waals surface area contributed by atoms with Crippen molar-refractivity contribution in [2.24, 2.45) is 0 Å². The maximum Gasteiger partial charge on any atom is 0.309 e. The summed E-state index contributed by atoms with van der Waals surface area (Å²) < 4.78 is 6.66. The first-order valence-corrected chi connectivity index (χ1v) is 3.87. The van der Waals surface area contributed by atoms with Crippen LogP contribution < -0.4 is 4.74 Å². The molecule has 0 aromatic carbocycles. The Morgan fingerprint density at radius 3 is 2.87 bits per heavy atom. The molecule has 0 fully saturated rings. The van der Waals surface area contributed by atoms with Crippen molar-refractivity contribution in [2.75, 3.05) is 0 Å². The minimum absolute atomic E-state index is 0. The van der Waals surface area contributed by atoms with Crippen molar-refractivity contribution in [3.8, 4) is 5.88 Å². The van der Waals surface area contributed by atoms with Gasteiger partial charge in [0.1, 0.15) is 0 Å². The lowest BCUT2D eigenvalue weighted by atomic mass is 10.5. The van der Waals surface area contributed by atoms with Gasteiger partial charge in [-0.1, -0.05) is 0 Å². The Kier molecular flexibility index (Phi) is 5.11. The molecule has 0 unspecified atom stereocenters. The van der Waals surface area contributed by atoms with Crippen LogP contribution in [0.3, 0.4) is 0 Å². The van der Waals surface area contributed by atoms with Crippen LogP contribution in [0.4, 0.5) is 0 Å². The highest BCUT2D eigenvalue weighted by atomic mass is 35.5. The zero-order valence-electron chi connectivity index (χ0n) is 7.91. The number of fused-ring (bicyclic) bond motifs is 1. The molecule has 0 aliphatic heterocycles. The first kappa shape index (κ1) is 13.7. The van der Waals surface area contributed by atoms with Crippen LogP contribution in [0.15, 0.2) is 30.7 Å². The summed E-state index contributed by atoms with van der Waals surface area (Å²) in [6, 6.07) is 3.82. The molecule has 2 heterocycles. The number of hydrogen-bond acceptors (Lipinski definition) is 3. The van der Waals surface area contributed by atoms with Crippen molar-refractivity contribution in [3.63, 3.8) is 0 Å². The molecule has 2 aromatic heterocycles. The van der Waals surface area contributed by atoms with E-state index in [1.54, 1.807) is 12.4 Å². The van der Waals surface area contributed by atoms with Gasteiger partial charge in [0.25, 0.3) is 0 Å². The Morgan fingerprint density at radius 1 is 1.47 bits per heavy atom. The van der Waals surface area contributed by atoms with E-state index in [-0.39, 0.29) is 30.8 Å². The van der Waals surface area contributed by atoms with Gasteiger partial charge in [-0.2, -0.15) is 0 Å². The monoisotopic (exact) mass is 248 g/mol. The molecule has 0 amide bonds. The van der Waals surface area contributed by atoms with Crippen molar-refractivity contribution in [1.29, 1.82) is 0 Å². The summed E-state index contributed by atoms with van der Waals surface area (Å²) in [5.74, 6) is -0.0461. The maximum absolute atomic E-state index is 10.6. The summed E-state index contributed by atoms with van der Waals surface area (Å²) in [5, 5.41) is 0. The third-order valence-electron chi connectivity index (χ3n) is 1.63. The predicted molar refractivity (Wildman–Crippen MR) is 61.0 cm³/mol.